The largest absolute Gasteiger partial charge is 0.465 e. The first kappa shape index (κ1) is 24.3. The van der Waals surface area contributed by atoms with Gasteiger partial charge in [0, 0.05) is 36.6 Å². The molecule has 0 bridgehead atoms. The first-order valence-electron chi connectivity index (χ1n) is 11.0. The fourth-order valence-corrected chi connectivity index (χ4v) is 5.45. The van der Waals surface area contributed by atoms with Gasteiger partial charge in [-0.3, -0.25) is 9.78 Å². The normalized spacial score (nSPS) is 11.6. The molecule has 0 saturated heterocycles. The summed E-state index contributed by atoms with van der Waals surface area (Å²) in [5.74, 6) is -0.763. The molecule has 0 amide bonds. The van der Waals surface area contributed by atoms with Crippen molar-refractivity contribution in [1.82, 2.24) is 14.3 Å². The van der Waals surface area contributed by atoms with Gasteiger partial charge in [-0.15, -0.1) is 0 Å². The summed E-state index contributed by atoms with van der Waals surface area (Å²) in [7, 11) is -3.02. The van der Waals surface area contributed by atoms with E-state index in [1.54, 1.807) is 36.7 Å². The van der Waals surface area contributed by atoms with Crippen molar-refractivity contribution < 1.29 is 17.9 Å². The van der Waals surface area contributed by atoms with Crippen LogP contribution >= 0.6 is 0 Å². The molecule has 0 aliphatic rings. The summed E-state index contributed by atoms with van der Waals surface area (Å²) >= 11 is 0. The van der Waals surface area contributed by atoms with E-state index in [-0.39, 0.29) is 34.7 Å². The minimum absolute atomic E-state index is 0.0435. The minimum Gasteiger partial charge on any atom is -0.465 e. The quantitative estimate of drug-likeness (QED) is 0.377. The number of hydrogen-bond acceptors (Lipinski definition) is 6. The smallest absolute Gasteiger partial charge is 0.339 e. The highest BCUT2D eigenvalue weighted by Crippen LogP contribution is 2.25. The Morgan fingerprint density at radius 1 is 1.03 bits per heavy atom. The maximum Gasteiger partial charge on any atom is 0.339 e. The van der Waals surface area contributed by atoms with E-state index in [1.165, 1.54) is 29.6 Å². The van der Waals surface area contributed by atoms with Crippen LogP contribution in [0.5, 0.6) is 0 Å². The van der Waals surface area contributed by atoms with Gasteiger partial charge in [0.15, 0.2) is 0 Å². The predicted molar refractivity (Wildman–Crippen MR) is 132 cm³/mol. The van der Waals surface area contributed by atoms with Crippen molar-refractivity contribution in [2.75, 3.05) is 7.11 Å². The number of aryl methyl sites for hydroxylation is 1. The van der Waals surface area contributed by atoms with Crippen LogP contribution in [0.4, 0.5) is 0 Å². The molecule has 0 fully saturated rings. The Morgan fingerprint density at radius 2 is 1.83 bits per heavy atom. The van der Waals surface area contributed by atoms with Gasteiger partial charge in [-0.2, -0.15) is 4.31 Å². The van der Waals surface area contributed by atoms with Crippen molar-refractivity contribution in [3.63, 3.8) is 0 Å². The molecular weight excluding hydrogens is 466 g/mol. The number of aromatic amines is 1. The van der Waals surface area contributed by atoms with E-state index in [2.05, 4.69) is 9.97 Å². The number of carbonyl (C=O) groups is 1. The first-order chi connectivity index (χ1) is 16.8. The maximum atomic E-state index is 13.8. The fraction of sp³-hybridized carbons (Fsp3) is 0.192. The Hall–Kier alpha value is -3.82. The molecule has 0 spiro atoms. The average Bonchev–Trinajstić information content (AvgIpc) is 2.88. The number of sulfonamides is 1. The van der Waals surface area contributed by atoms with E-state index in [0.717, 1.165) is 17.4 Å². The molecule has 9 heteroatoms. The van der Waals surface area contributed by atoms with E-state index in [4.69, 9.17) is 4.74 Å². The third-order valence-electron chi connectivity index (χ3n) is 5.73. The summed E-state index contributed by atoms with van der Waals surface area (Å²) in [5.41, 5.74) is 2.24. The molecule has 0 radical (unpaired) electrons. The first-order valence-corrected chi connectivity index (χ1v) is 12.5. The lowest BCUT2D eigenvalue weighted by atomic mass is 10.1. The average molecular weight is 492 g/mol. The highest BCUT2D eigenvalue weighted by Gasteiger charge is 2.30. The van der Waals surface area contributed by atoms with Gasteiger partial charge in [0.2, 0.25) is 10.0 Å². The molecule has 2 aromatic heterocycles. The molecular formula is C26H25N3O5S. The van der Waals surface area contributed by atoms with Crippen molar-refractivity contribution >= 4 is 26.9 Å². The van der Waals surface area contributed by atoms with Crippen LogP contribution < -0.4 is 5.56 Å². The van der Waals surface area contributed by atoms with Crippen LogP contribution in [0.15, 0.2) is 82.7 Å². The van der Waals surface area contributed by atoms with E-state index in [9.17, 15) is 18.0 Å². The number of esters is 1. The van der Waals surface area contributed by atoms with Crippen LogP contribution in [0.3, 0.4) is 0 Å². The van der Waals surface area contributed by atoms with Crippen molar-refractivity contribution in [3.8, 4) is 0 Å². The molecule has 2 aromatic carbocycles. The van der Waals surface area contributed by atoms with Crippen LogP contribution in [-0.2, 0) is 34.3 Å². The number of ether oxygens (including phenoxy) is 1. The number of nitrogens with one attached hydrogen (secondary N) is 1. The van der Waals surface area contributed by atoms with Crippen molar-refractivity contribution in [3.05, 3.63) is 106 Å². The number of aromatic nitrogens is 2. The van der Waals surface area contributed by atoms with Crippen LogP contribution in [0.25, 0.3) is 10.9 Å². The number of rotatable bonds is 8. The Morgan fingerprint density at radius 3 is 2.54 bits per heavy atom. The zero-order valence-electron chi connectivity index (χ0n) is 19.4. The van der Waals surface area contributed by atoms with E-state index < -0.39 is 16.0 Å². The topological polar surface area (TPSA) is 109 Å². The van der Waals surface area contributed by atoms with Gasteiger partial charge in [-0.05, 0) is 59.3 Å². The molecule has 8 nitrogen and oxygen atoms in total. The lowest BCUT2D eigenvalue weighted by Crippen LogP contribution is -2.33. The number of carbonyl (C=O) groups excluding carboxylic acids is 1. The van der Waals surface area contributed by atoms with Crippen LogP contribution in [0.1, 0.15) is 34.0 Å². The summed E-state index contributed by atoms with van der Waals surface area (Å²) in [4.78, 5) is 31.9. The summed E-state index contributed by atoms with van der Waals surface area (Å²) in [6.45, 7) is 1.79. The highest BCUT2D eigenvalue weighted by molar-refractivity contribution is 7.89. The van der Waals surface area contributed by atoms with Gasteiger partial charge in [-0.1, -0.05) is 31.2 Å². The molecule has 0 saturated carbocycles. The van der Waals surface area contributed by atoms with E-state index in [1.807, 2.05) is 25.1 Å². The van der Waals surface area contributed by atoms with Crippen LogP contribution in [0.2, 0.25) is 0 Å². The SMILES string of the molecule is CCc1ccc2[nH]c(=O)c(CN(Cc3cccnc3)S(=O)(=O)c3ccccc3C(=O)OC)cc2c1. The number of nitrogens with zero attached hydrogens (tertiary/aromatic N) is 2. The van der Waals surface area contributed by atoms with Gasteiger partial charge >= 0.3 is 5.97 Å². The van der Waals surface area contributed by atoms with Crippen molar-refractivity contribution in [1.29, 1.82) is 0 Å². The Kier molecular flexibility index (Phi) is 7.09. The monoisotopic (exact) mass is 491 g/mol. The fourth-order valence-electron chi connectivity index (χ4n) is 3.86. The molecule has 0 aliphatic carbocycles. The third kappa shape index (κ3) is 5.16. The Balaban J connectivity index is 1.82. The number of methoxy groups -OCH3 is 1. The van der Waals surface area contributed by atoms with Gasteiger partial charge in [0.1, 0.15) is 0 Å². The standard InChI is InChI=1S/C26H25N3O5S/c1-3-18-10-11-23-20(13-18)14-21(25(30)28-23)17-29(16-19-7-6-12-27-15-19)35(32,33)24-9-5-4-8-22(24)26(31)34-2/h4-15H,3,16-17H2,1-2H3,(H,28,30). The summed E-state index contributed by atoms with van der Waals surface area (Å²) in [6.07, 6.45) is 3.98. The number of benzene rings is 2. The summed E-state index contributed by atoms with van der Waals surface area (Å²) < 4.78 is 33.6. The Labute approximate surface area is 203 Å². The lowest BCUT2D eigenvalue weighted by molar-refractivity contribution is 0.0596. The Bertz CT molecular complexity index is 1530. The predicted octanol–water partition coefficient (Wildman–Crippen LogP) is 3.66. The van der Waals surface area contributed by atoms with E-state index in [0.29, 0.717) is 11.1 Å². The number of fused-ring (bicyclic) bond motifs is 1. The second-order valence-corrected chi connectivity index (χ2v) is 9.93. The van der Waals surface area contributed by atoms with E-state index >= 15 is 0 Å². The molecule has 1 N–H and O–H groups in total. The second-order valence-electron chi connectivity index (χ2n) is 8.02. The lowest BCUT2D eigenvalue weighted by Gasteiger charge is -2.23. The number of H-pyrrole nitrogens is 1. The zero-order chi connectivity index (χ0) is 25.0. The molecule has 0 unspecified atom stereocenters. The van der Waals surface area contributed by atoms with Crippen molar-refractivity contribution in [2.45, 2.75) is 31.3 Å². The summed E-state index contributed by atoms with van der Waals surface area (Å²) in [6, 6.07) is 16.8. The molecule has 2 heterocycles. The maximum absolute atomic E-state index is 13.8. The van der Waals surface area contributed by atoms with Gasteiger partial charge in [0.25, 0.3) is 5.56 Å². The second kappa shape index (κ2) is 10.2. The van der Waals surface area contributed by atoms with Gasteiger partial charge < -0.3 is 9.72 Å². The molecule has 0 atom stereocenters. The molecule has 180 valence electrons. The van der Waals surface area contributed by atoms with Gasteiger partial charge in [0.05, 0.1) is 17.6 Å². The van der Waals surface area contributed by atoms with Gasteiger partial charge in [-0.25, -0.2) is 13.2 Å². The minimum atomic E-state index is -4.21. The molecule has 35 heavy (non-hydrogen) atoms. The van der Waals surface area contributed by atoms with Crippen LogP contribution in [-0.4, -0.2) is 35.8 Å². The van der Waals surface area contributed by atoms with Crippen molar-refractivity contribution in [2.24, 2.45) is 0 Å². The highest BCUT2D eigenvalue weighted by atomic mass is 32.2. The molecule has 0 aliphatic heterocycles. The third-order valence-corrected chi connectivity index (χ3v) is 7.58. The number of pyridine rings is 2. The molecule has 4 rings (SSSR count). The summed E-state index contributed by atoms with van der Waals surface area (Å²) in [5, 5.41) is 0.813. The van der Waals surface area contributed by atoms with Crippen LogP contribution in [0, 0.1) is 0 Å². The number of hydrogen-bond donors (Lipinski definition) is 1. The zero-order valence-corrected chi connectivity index (χ0v) is 20.2. The molecule has 4 aromatic rings.